The highest BCUT2D eigenvalue weighted by Crippen LogP contribution is 2.31. The monoisotopic (exact) mass is 382 g/mol. The van der Waals surface area contributed by atoms with E-state index in [-0.39, 0.29) is 0 Å². The van der Waals surface area contributed by atoms with Crippen molar-refractivity contribution in [3.63, 3.8) is 0 Å². The van der Waals surface area contributed by atoms with Gasteiger partial charge >= 0.3 is 0 Å². The van der Waals surface area contributed by atoms with Gasteiger partial charge in [-0.25, -0.2) is 4.98 Å². The molecule has 0 saturated carbocycles. The second kappa shape index (κ2) is 6.91. The van der Waals surface area contributed by atoms with Crippen molar-refractivity contribution in [1.82, 2.24) is 19.6 Å². The first kappa shape index (κ1) is 17.2. The Balaban J connectivity index is 1.86. The summed E-state index contributed by atoms with van der Waals surface area (Å²) in [5.74, 6) is 2.28. The van der Waals surface area contributed by atoms with Gasteiger partial charge in [-0.15, -0.1) is 10.2 Å². The number of benzene rings is 3. The average molecular weight is 382 g/mol. The molecule has 0 amide bonds. The molecule has 2 heterocycles. The van der Waals surface area contributed by atoms with E-state index in [0.717, 1.165) is 45.2 Å². The second-order valence-electron chi connectivity index (χ2n) is 6.59. The minimum Gasteiger partial charge on any atom is -0.497 e. The van der Waals surface area contributed by atoms with Gasteiger partial charge in [0.1, 0.15) is 17.2 Å². The molecule has 0 saturated heterocycles. The highest BCUT2D eigenvalue weighted by Gasteiger charge is 2.18. The van der Waals surface area contributed by atoms with Gasteiger partial charge in [0.25, 0.3) is 0 Å². The Kier molecular flexibility index (Phi) is 4.09. The molecular weight excluding hydrogens is 364 g/mol. The summed E-state index contributed by atoms with van der Waals surface area (Å²) in [6.07, 6.45) is 0. The molecular formula is C23H18N4O2. The Morgan fingerprint density at radius 1 is 0.724 bits per heavy atom. The maximum atomic E-state index is 5.44. The zero-order valence-corrected chi connectivity index (χ0v) is 16.0. The van der Waals surface area contributed by atoms with Crippen LogP contribution in [0.3, 0.4) is 0 Å². The molecule has 29 heavy (non-hydrogen) atoms. The van der Waals surface area contributed by atoms with Crippen LogP contribution in [-0.2, 0) is 0 Å². The predicted molar refractivity (Wildman–Crippen MR) is 112 cm³/mol. The van der Waals surface area contributed by atoms with Gasteiger partial charge in [0.15, 0.2) is 11.5 Å². The lowest BCUT2D eigenvalue weighted by Crippen LogP contribution is -1.98. The number of hydrogen-bond acceptors (Lipinski definition) is 5. The molecule has 3 aromatic carbocycles. The minimum absolute atomic E-state index is 0.697. The van der Waals surface area contributed by atoms with Crippen LogP contribution in [0.4, 0.5) is 0 Å². The molecule has 5 rings (SSSR count). The van der Waals surface area contributed by atoms with Crippen LogP contribution < -0.4 is 9.47 Å². The zero-order chi connectivity index (χ0) is 19.8. The smallest absolute Gasteiger partial charge is 0.188 e. The van der Waals surface area contributed by atoms with E-state index in [2.05, 4.69) is 10.2 Å². The molecule has 0 aliphatic carbocycles. The van der Waals surface area contributed by atoms with Gasteiger partial charge in [-0.2, -0.15) is 0 Å². The van der Waals surface area contributed by atoms with Crippen molar-refractivity contribution in [2.45, 2.75) is 0 Å². The lowest BCUT2D eigenvalue weighted by atomic mass is 10.1. The Hall–Kier alpha value is -3.93. The average Bonchev–Trinajstić information content (AvgIpc) is 3.24. The lowest BCUT2D eigenvalue weighted by molar-refractivity contribution is 0.415. The van der Waals surface area contributed by atoms with Crippen molar-refractivity contribution in [3.05, 3.63) is 72.8 Å². The van der Waals surface area contributed by atoms with Crippen molar-refractivity contribution in [2.75, 3.05) is 14.2 Å². The number of hydrogen-bond donors (Lipinski definition) is 0. The van der Waals surface area contributed by atoms with Crippen molar-refractivity contribution in [2.24, 2.45) is 0 Å². The Labute approximate surface area is 167 Å². The van der Waals surface area contributed by atoms with Gasteiger partial charge in [-0.3, -0.25) is 4.40 Å². The normalized spacial score (nSPS) is 11.1. The molecule has 6 nitrogen and oxygen atoms in total. The third-order valence-electron chi connectivity index (χ3n) is 4.93. The standard InChI is InChI=1S/C23H18N4O2/c1-28-17-10-8-16(9-11-17)22-25-26-23-21(15-6-4-3-5-7-15)24-19-13-12-18(29-2)14-20(19)27(22)23/h3-14H,1-2H3. The van der Waals surface area contributed by atoms with Crippen molar-refractivity contribution in [3.8, 4) is 34.1 Å². The predicted octanol–water partition coefficient (Wildman–Crippen LogP) is 4.63. The van der Waals surface area contributed by atoms with Crippen molar-refractivity contribution < 1.29 is 9.47 Å². The van der Waals surface area contributed by atoms with Crippen LogP contribution in [0.25, 0.3) is 39.3 Å². The molecule has 142 valence electrons. The van der Waals surface area contributed by atoms with Crippen LogP contribution in [-0.4, -0.2) is 33.8 Å². The van der Waals surface area contributed by atoms with E-state index in [1.54, 1.807) is 14.2 Å². The molecule has 0 radical (unpaired) electrons. The topological polar surface area (TPSA) is 61.5 Å². The lowest BCUT2D eigenvalue weighted by Gasteiger charge is -2.10. The fourth-order valence-corrected chi connectivity index (χ4v) is 3.46. The van der Waals surface area contributed by atoms with Crippen molar-refractivity contribution >= 4 is 16.7 Å². The highest BCUT2D eigenvalue weighted by atomic mass is 16.5. The van der Waals surface area contributed by atoms with Crippen molar-refractivity contribution in [1.29, 1.82) is 0 Å². The molecule has 6 heteroatoms. The van der Waals surface area contributed by atoms with E-state index < -0.39 is 0 Å². The Bertz CT molecular complexity index is 1310. The van der Waals surface area contributed by atoms with E-state index in [9.17, 15) is 0 Å². The summed E-state index contributed by atoms with van der Waals surface area (Å²) >= 11 is 0. The number of methoxy groups -OCH3 is 2. The van der Waals surface area contributed by atoms with Gasteiger partial charge < -0.3 is 9.47 Å². The van der Waals surface area contributed by atoms with Gasteiger partial charge in [-0.1, -0.05) is 30.3 Å². The molecule has 0 spiro atoms. The summed E-state index contributed by atoms with van der Waals surface area (Å²) in [6, 6.07) is 23.6. The summed E-state index contributed by atoms with van der Waals surface area (Å²) in [4.78, 5) is 4.88. The van der Waals surface area contributed by atoms with E-state index in [1.165, 1.54) is 0 Å². The second-order valence-corrected chi connectivity index (χ2v) is 6.59. The molecule has 2 aromatic heterocycles. The fourth-order valence-electron chi connectivity index (χ4n) is 3.46. The van der Waals surface area contributed by atoms with Crippen LogP contribution in [0.2, 0.25) is 0 Å². The maximum Gasteiger partial charge on any atom is 0.188 e. The maximum absolute atomic E-state index is 5.44. The molecule has 5 aromatic rings. The summed E-state index contributed by atoms with van der Waals surface area (Å²) < 4.78 is 12.8. The third kappa shape index (κ3) is 2.86. The van der Waals surface area contributed by atoms with Gasteiger partial charge in [0.2, 0.25) is 0 Å². The van der Waals surface area contributed by atoms with Crippen LogP contribution in [0, 0.1) is 0 Å². The van der Waals surface area contributed by atoms with E-state index >= 15 is 0 Å². The minimum atomic E-state index is 0.697. The summed E-state index contributed by atoms with van der Waals surface area (Å²) in [5, 5.41) is 9.00. The zero-order valence-electron chi connectivity index (χ0n) is 16.0. The summed E-state index contributed by atoms with van der Waals surface area (Å²) in [5.41, 5.74) is 5.14. The molecule has 0 bridgehead atoms. The molecule has 0 N–H and O–H groups in total. The Morgan fingerprint density at radius 2 is 1.45 bits per heavy atom. The van der Waals surface area contributed by atoms with Crippen LogP contribution in [0.5, 0.6) is 11.5 Å². The number of rotatable bonds is 4. The molecule has 0 atom stereocenters. The van der Waals surface area contributed by atoms with Crippen LogP contribution in [0.1, 0.15) is 0 Å². The number of aromatic nitrogens is 4. The first-order valence-corrected chi connectivity index (χ1v) is 9.21. The van der Waals surface area contributed by atoms with E-state index in [0.29, 0.717) is 5.65 Å². The first-order valence-electron chi connectivity index (χ1n) is 9.21. The summed E-state index contributed by atoms with van der Waals surface area (Å²) in [6.45, 7) is 0. The summed E-state index contributed by atoms with van der Waals surface area (Å²) in [7, 11) is 3.31. The van der Waals surface area contributed by atoms with Gasteiger partial charge in [-0.05, 0) is 36.4 Å². The quantitative estimate of drug-likeness (QED) is 0.454. The molecule has 0 aliphatic rings. The third-order valence-corrected chi connectivity index (χ3v) is 4.93. The van der Waals surface area contributed by atoms with E-state index in [4.69, 9.17) is 14.5 Å². The van der Waals surface area contributed by atoms with Crippen LogP contribution in [0.15, 0.2) is 72.8 Å². The SMILES string of the molecule is COc1ccc(-c2nnc3c(-c4ccccc4)nc4ccc(OC)cc4n23)cc1. The first-order chi connectivity index (χ1) is 14.3. The fraction of sp³-hybridized carbons (Fsp3) is 0.0870. The van der Waals surface area contributed by atoms with Crippen LogP contribution >= 0.6 is 0 Å². The molecule has 0 aliphatic heterocycles. The largest absolute Gasteiger partial charge is 0.497 e. The number of ether oxygens (including phenoxy) is 2. The van der Waals surface area contributed by atoms with E-state index in [1.807, 2.05) is 77.2 Å². The van der Waals surface area contributed by atoms with Gasteiger partial charge in [0.05, 0.1) is 25.3 Å². The number of fused-ring (bicyclic) bond motifs is 3. The van der Waals surface area contributed by atoms with Gasteiger partial charge in [0, 0.05) is 17.2 Å². The Morgan fingerprint density at radius 3 is 2.17 bits per heavy atom. The number of nitrogens with zero attached hydrogens (tertiary/aromatic N) is 4. The highest BCUT2D eigenvalue weighted by molar-refractivity contribution is 5.88. The molecule has 0 fully saturated rings. The molecule has 0 unspecified atom stereocenters.